The molecule has 1 heterocycles. The van der Waals surface area contributed by atoms with Crippen molar-refractivity contribution in [2.24, 2.45) is 0 Å². The van der Waals surface area contributed by atoms with Crippen LogP contribution >= 0.6 is 0 Å². The first-order valence-electron chi connectivity index (χ1n) is 7.89. The molecule has 0 bridgehead atoms. The normalized spacial score (nSPS) is 10.6. The molecule has 0 aliphatic rings. The van der Waals surface area contributed by atoms with E-state index in [9.17, 15) is 4.79 Å². The molecule has 0 unspecified atom stereocenters. The number of nitrogens with one attached hydrogen (secondary N) is 1. The Kier molecular flexibility index (Phi) is 5.22. The Morgan fingerprint density at radius 3 is 2.68 bits per heavy atom. The van der Waals surface area contributed by atoms with E-state index in [1.54, 1.807) is 37.6 Å². The second-order valence-electron chi connectivity index (χ2n) is 5.40. The summed E-state index contributed by atoms with van der Waals surface area (Å²) in [5.74, 6) is 0.476. The average molecular weight is 330 g/mol. The standard InChI is InChI=1S/C21H18N2O2/c1-25-20-10-5-7-17(15-20)21(24)23-19-9-4-6-16(14-19)11-12-18-8-2-3-13-22-18/h2-15H,1H3,(H,23,24)/b12-11+. The number of carbonyl (C=O) groups is 1. The van der Waals surface area contributed by atoms with E-state index in [1.165, 1.54) is 0 Å². The van der Waals surface area contributed by atoms with E-state index in [2.05, 4.69) is 10.3 Å². The molecule has 3 aromatic rings. The highest BCUT2D eigenvalue weighted by Crippen LogP contribution is 2.17. The van der Waals surface area contributed by atoms with Crippen molar-refractivity contribution in [2.45, 2.75) is 0 Å². The van der Waals surface area contributed by atoms with Gasteiger partial charge < -0.3 is 10.1 Å². The molecule has 4 heteroatoms. The zero-order valence-electron chi connectivity index (χ0n) is 13.8. The lowest BCUT2D eigenvalue weighted by molar-refractivity contribution is 0.102. The molecule has 1 aromatic heterocycles. The van der Waals surface area contributed by atoms with Crippen LogP contribution in [0.5, 0.6) is 5.75 Å². The fourth-order valence-electron chi connectivity index (χ4n) is 2.34. The Balaban J connectivity index is 1.73. The minimum absolute atomic E-state index is 0.176. The monoisotopic (exact) mass is 330 g/mol. The van der Waals surface area contributed by atoms with Crippen molar-refractivity contribution in [3.8, 4) is 5.75 Å². The van der Waals surface area contributed by atoms with E-state index in [1.807, 2.05) is 54.6 Å². The van der Waals surface area contributed by atoms with Crippen LogP contribution < -0.4 is 10.1 Å². The van der Waals surface area contributed by atoms with Crippen molar-refractivity contribution in [3.05, 3.63) is 89.7 Å². The number of nitrogens with zero attached hydrogens (tertiary/aromatic N) is 1. The number of amides is 1. The summed E-state index contributed by atoms with van der Waals surface area (Å²) in [6.07, 6.45) is 5.65. The lowest BCUT2D eigenvalue weighted by Crippen LogP contribution is -2.11. The van der Waals surface area contributed by atoms with Crippen LogP contribution in [0.4, 0.5) is 5.69 Å². The predicted octanol–water partition coefficient (Wildman–Crippen LogP) is 4.51. The van der Waals surface area contributed by atoms with Gasteiger partial charge in [0, 0.05) is 17.4 Å². The maximum atomic E-state index is 12.4. The summed E-state index contributed by atoms with van der Waals surface area (Å²) in [6, 6.07) is 20.5. The van der Waals surface area contributed by atoms with E-state index in [0.717, 1.165) is 16.9 Å². The molecular formula is C21H18N2O2. The Morgan fingerprint density at radius 2 is 1.88 bits per heavy atom. The molecule has 0 spiro atoms. The first-order valence-corrected chi connectivity index (χ1v) is 7.89. The molecule has 0 radical (unpaired) electrons. The number of aromatic nitrogens is 1. The van der Waals surface area contributed by atoms with Gasteiger partial charge in [-0.2, -0.15) is 0 Å². The predicted molar refractivity (Wildman–Crippen MR) is 101 cm³/mol. The van der Waals surface area contributed by atoms with E-state index in [0.29, 0.717) is 11.3 Å². The molecule has 0 atom stereocenters. The lowest BCUT2D eigenvalue weighted by Gasteiger charge is -2.07. The van der Waals surface area contributed by atoms with E-state index in [-0.39, 0.29) is 5.91 Å². The summed E-state index contributed by atoms with van der Waals surface area (Å²) in [5, 5.41) is 2.90. The van der Waals surface area contributed by atoms with Crippen LogP contribution in [0.1, 0.15) is 21.6 Å². The first kappa shape index (κ1) is 16.5. The zero-order valence-corrected chi connectivity index (χ0v) is 13.8. The number of anilines is 1. The summed E-state index contributed by atoms with van der Waals surface area (Å²) in [6.45, 7) is 0. The fourth-order valence-corrected chi connectivity index (χ4v) is 2.34. The third-order valence-electron chi connectivity index (χ3n) is 3.61. The molecule has 2 aromatic carbocycles. The summed E-state index contributed by atoms with van der Waals surface area (Å²) >= 11 is 0. The van der Waals surface area contributed by atoms with Crippen LogP contribution in [0, 0.1) is 0 Å². The topological polar surface area (TPSA) is 51.2 Å². The summed E-state index contributed by atoms with van der Waals surface area (Å²) in [5.41, 5.74) is 3.15. The van der Waals surface area contributed by atoms with Crippen molar-refractivity contribution in [1.82, 2.24) is 4.98 Å². The number of hydrogen-bond acceptors (Lipinski definition) is 3. The van der Waals surface area contributed by atoms with Crippen LogP contribution in [-0.2, 0) is 0 Å². The highest BCUT2D eigenvalue weighted by molar-refractivity contribution is 6.04. The van der Waals surface area contributed by atoms with Crippen molar-refractivity contribution < 1.29 is 9.53 Å². The molecule has 1 N–H and O–H groups in total. The minimum atomic E-state index is -0.176. The average Bonchev–Trinajstić information content (AvgIpc) is 2.67. The van der Waals surface area contributed by atoms with E-state index >= 15 is 0 Å². The third kappa shape index (κ3) is 4.54. The van der Waals surface area contributed by atoms with Crippen molar-refractivity contribution in [1.29, 1.82) is 0 Å². The smallest absolute Gasteiger partial charge is 0.255 e. The number of ether oxygens (including phenoxy) is 1. The Hall–Kier alpha value is -3.40. The third-order valence-corrected chi connectivity index (χ3v) is 3.61. The Morgan fingerprint density at radius 1 is 1.00 bits per heavy atom. The maximum Gasteiger partial charge on any atom is 0.255 e. The highest BCUT2D eigenvalue weighted by atomic mass is 16.5. The summed E-state index contributed by atoms with van der Waals surface area (Å²) in [4.78, 5) is 16.6. The van der Waals surface area contributed by atoms with Gasteiger partial charge in [-0.25, -0.2) is 0 Å². The first-order chi connectivity index (χ1) is 12.2. The van der Waals surface area contributed by atoms with Gasteiger partial charge in [0.15, 0.2) is 0 Å². The van der Waals surface area contributed by atoms with Gasteiger partial charge in [0.25, 0.3) is 5.91 Å². The molecular weight excluding hydrogens is 312 g/mol. The van der Waals surface area contributed by atoms with Crippen LogP contribution in [0.15, 0.2) is 72.9 Å². The van der Waals surface area contributed by atoms with E-state index < -0.39 is 0 Å². The van der Waals surface area contributed by atoms with Crippen molar-refractivity contribution in [2.75, 3.05) is 12.4 Å². The molecule has 0 fully saturated rings. The molecule has 0 aliphatic carbocycles. The van der Waals surface area contributed by atoms with E-state index in [4.69, 9.17) is 4.74 Å². The minimum Gasteiger partial charge on any atom is -0.497 e. The lowest BCUT2D eigenvalue weighted by atomic mass is 10.1. The number of rotatable bonds is 5. The van der Waals surface area contributed by atoms with Crippen molar-refractivity contribution in [3.63, 3.8) is 0 Å². The van der Waals surface area contributed by atoms with Gasteiger partial charge in [0.05, 0.1) is 12.8 Å². The Bertz CT molecular complexity index is 889. The van der Waals surface area contributed by atoms with Gasteiger partial charge in [-0.1, -0.05) is 30.3 Å². The largest absolute Gasteiger partial charge is 0.497 e. The molecule has 25 heavy (non-hydrogen) atoms. The number of pyridine rings is 1. The zero-order chi connectivity index (χ0) is 17.5. The second-order valence-corrected chi connectivity index (χ2v) is 5.40. The van der Waals surface area contributed by atoms with Crippen LogP contribution in [0.2, 0.25) is 0 Å². The van der Waals surface area contributed by atoms with Gasteiger partial charge in [-0.15, -0.1) is 0 Å². The number of carbonyl (C=O) groups excluding carboxylic acids is 1. The van der Waals surface area contributed by atoms with Gasteiger partial charge in [0.2, 0.25) is 0 Å². The molecule has 124 valence electrons. The van der Waals surface area contributed by atoms with Gasteiger partial charge in [0.1, 0.15) is 5.75 Å². The maximum absolute atomic E-state index is 12.4. The molecule has 3 rings (SSSR count). The van der Waals surface area contributed by atoms with Crippen LogP contribution in [0.3, 0.4) is 0 Å². The number of hydrogen-bond donors (Lipinski definition) is 1. The highest BCUT2D eigenvalue weighted by Gasteiger charge is 2.07. The fraction of sp³-hybridized carbons (Fsp3) is 0.0476. The molecule has 0 aliphatic heterocycles. The summed E-state index contributed by atoms with van der Waals surface area (Å²) < 4.78 is 5.15. The molecule has 0 saturated heterocycles. The molecule has 0 saturated carbocycles. The number of benzene rings is 2. The van der Waals surface area contributed by atoms with Gasteiger partial charge in [-0.05, 0) is 54.1 Å². The molecule has 1 amide bonds. The van der Waals surface area contributed by atoms with Crippen LogP contribution in [-0.4, -0.2) is 18.0 Å². The summed E-state index contributed by atoms with van der Waals surface area (Å²) in [7, 11) is 1.58. The second kappa shape index (κ2) is 7.93. The quantitative estimate of drug-likeness (QED) is 0.748. The Labute approximate surface area is 146 Å². The van der Waals surface area contributed by atoms with Crippen molar-refractivity contribution >= 4 is 23.7 Å². The number of methoxy groups -OCH3 is 1. The van der Waals surface area contributed by atoms with Gasteiger partial charge in [-0.3, -0.25) is 9.78 Å². The molecule has 4 nitrogen and oxygen atoms in total. The SMILES string of the molecule is COc1cccc(C(=O)Nc2cccc(/C=C/c3ccccn3)c2)c1. The van der Waals surface area contributed by atoms with Gasteiger partial charge >= 0.3 is 0 Å². The van der Waals surface area contributed by atoms with Crippen LogP contribution in [0.25, 0.3) is 12.2 Å².